The van der Waals surface area contributed by atoms with Crippen LogP contribution in [-0.4, -0.2) is 24.8 Å². The van der Waals surface area contributed by atoms with E-state index in [0.717, 1.165) is 35.6 Å². The molecule has 0 saturated heterocycles. The van der Waals surface area contributed by atoms with Crippen molar-refractivity contribution in [3.8, 4) is 11.5 Å². The Labute approximate surface area is 153 Å². The summed E-state index contributed by atoms with van der Waals surface area (Å²) in [5, 5.41) is 6.01. The maximum absolute atomic E-state index is 12.4. The van der Waals surface area contributed by atoms with Gasteiger partial charge in [-0.3, -0.25) is 4.79 Å². The molecule has 0 aromatic heterocycles. The first-order valence-corrected chi connectivity index (χ1v) is 9.05. The predicted molar refractivity (Wildman–Crippen MR) is 101 cm³/mol. The molecule has 134 valence electrons. The number of carbonyl (C=O) groups is 1. The lowest BCUT2D eigenvalue weighted by atomic mass is 10.1. The lowest BCUT2D eigenvalue weighted by molar-refractivity contribution is -0.116. The van der Waals surface area contributed by atoms with Crippen LogP contribution in [0.4, 0.5) is 5.69 Å². The van der Waals surface area contributed by atoms with E-state index in [1.807, 2.05) is 48.5 Å². The summed E-state index contributed by atoms with van der Waals surface area (Å²) >= 11 is 0. The van der Waals surface area contributed by atoms with E-state index >= 15 is 0 Å². The molecular formula is C21H22N2O3. The van der Waals surface area contributed by atoms with Crippen molar-refractivity contribution in [2.45, 2.75) is 38.2 Å². The van der Waals surface area contributed by atoms with Gasteiger partial charge in [-0.2, -0.15) is 5.10 Å². The molecule has 0 radical (unpaired) electrons. The Bertz CT molecular complexity index is 826. The molecule has 0 spiro atoms. The van der Waals surface area contributed by atoms with Crippen molar-refractivity contribution in [2.75, 3.05) is 12.1 Å². The standard InChI is InChI=1S/C21H22N2O3/c1-25-19-12-11-15(13-20(19)26-17-9-5-6-10-17)18-14-21(24)23(22-18)16-7-3-2-4-8-16/h2-4,7-8,11-13,17H,5-6,9-10,14H2,1H3. The minimum absolute atomic E-state index is 0.0275. The lowest BCUT2D eigenvalue weighted by Gasteiger charge is -2.16. The highest BCUT2D eigenvalue weighted by Crippen LogP contribution is 2.33. The van der Waals surface area contributed by atoms with E-state index in [1.165, 1.54) is 17.9 Å². The van der Waals surface area contributed by atoms with Crippen molar-refractivity contribution in [2.24, 2.45) is 5.10 Å². The van der Waals surface area contributed by atoms with Crippen LogP contribution in [-0.2, 0) is 4.79 Å². The fraction of sp³-hybridized carbons (Fsp3) is 0.333. The summed E-state index contributed by atoms with van der Waals surface area (Å²) in [7, 11) is 1.64. The van der Waals surface area contributed by atoms with Gasteiger partial charge >= 0.3 is 0 Å². The van der Waals surface area contributed by atoms with E-state index in [4.69, 9.17) is 9.47 Å². The molecule has 5 nitrogen and oxygen atoms in total. The Hall–Kier alpha value is -2.82. The Morgan fingerprint density at radius 3 is 2.54 bits per heavy atom. The molecule has 1 heterocycles. The van der Waals surface area contributed by atoms with Gasteiger partial charge < -0.3 is 9.47 Å². The average molecular weight is 350 g/mol. The fourth-order valence-electron chi connectivity index (χ4n) is 3.49. The van der Waals surface area contributed by atoms with Crippen molar-refractivity contribution >= 4 is 17.3 Å². The largest absolute Gasteiger partial charge is 0.493 e. The van der Waals surface area contributed by atoms with Crippen LogP contribution in [0, 0.1) is 0 Å². The maximum atomic E-state index is 12.4. The molecule has 2 aromatic carbocycles. The van der Waals surface area contributed by atoms with Crippen molar-refractivity contribution in [3.63, 3.8) is 0 Å². The summed E-state index contributed by atoms with van der Waals surface area (Å²) in [6, 6.07) is 15.2. The number of nitrogens with zero attached hydrogens (tertiary/aromatic N) is 2. The summed E-state index contributed by atoms with van der Waals surface area (Å²) in [4.78, 5) is 12.4. The molecule has 5 heteroatoms. The number of para-hydroxylation sites is 1. The topological polar surface area (TPSA) is 51.1 Å². The Kier molecular flexibility index (Phi) is 4.61. The first kappa shape index (κ1) is 16.6. The second kappa shape index (κ2) is 7.20. The van der Waals surface area contributed by atoms with Gasteiger partial charge in [-0.05, 0) is 56.0 Å². The van der Waals surface area contributed by atoms with Crippen molar-refractivity contribution in [3.05, 3.63) is 54.1 Å². The quantitative estimate of drug-likeness (QED) is 0.814. The van der Waals surface area contributed by atoms with Crippen LogP contribution >= 0.6 is 0 Å². The highest BCUT2D eigenvalue weighted by atomic mass is 16.5. The minimum Gasteiger partial charge on any atom is -0.493 e. The van der Waals surface area contributed by atoms with Crippen LogP contribution in [0.25, 0.3) is 0 Å². The molecule has 1 aliphatic carbocycles. The molecule has 26 heavy (non-hydrogen) atoms. The molecule has 0 unspecified atom stereocenters. The monoisotopic (exact) mass is 350 g/mol. The van der Waals surface area contributed by atoms with E-state index in [2.05, 4.69) is 5.10 Å². The van der Waals surface area contributed by atoms with E-state index in [9.17, 15) is 4.79 Å². The molecular weight excluding hydrogens is 328 g/mol. The first-order valence-electron chi connectivity index (χ1n) is 9.05. The molecule has 4 rings (SSSR count). The van der Waals surface area contributed by atoms with Crippen LogP contribution < -0.4 is 14.5 Å². The van der Waals surface area contributed by atoms with Gasteiger partial charge in [0.1, 0.15) is 0 Å². The zero-order valence-corrected chi connectivity index (χ0v) is 14.9. The number of hydrogen-bond donors (Lipinski definition) is 0. The number of methoxy groups -OCH3 is 1. The van der Waals surface area contributed by atoms with Gasteiger partial charge in [-0.1, -0.05) is 18.2 Å². The Morgan fingerprint density at radius 1 is 1.04 bits per heavy atom. The summed E-state index contributed by atoms with van der Waals surface area (Å²) in [6.45, 7) is 0. The zero-order chi connectivity index (χ0) is 17.9. The summed E-state index contributed by atoms with van der Waals surface area (Å²) < 4.78 is 11.6. The smallest absolute Gasteiger partial charge is 0.253 e. The van der Waals surface area contributed by atoms with Gasteiger partial charge in [0.2, 0.25) is 0 Å². The van der Waals surface area contributed by atoms with Gasteiger partial charge in [0.05, 0.1) is 31.0 Å². The molecule has 1 saturated carbocycles. The van der Waals surface area contributed by atoms with Crippen LogP contribution in [0.2, 0.25) is 0 Å². The average Bonchev–Trinajstić information content (AvgIpc) is 3.32. The molecule has 0 N–H and O–H groups in total. The van der Waals surface area contributed by atoms with Crippen molar-refractivity contribution in [1.82, 2.24) is 0 Å². The summed E-state index contributed by atoms with van der Waals surface area (Å²) in [6.07, 6.45) is 5.10. The zero-order valence-electron chi connectivity index (χ0n) is 14.9. The normalized spacial score (nSPS) is 17.5. The van der Waals surface area contributed by atoms with Gasteiger partial charge in [-0.25, -0.2) is 5.01 Å². The molecule has 1 amide bonds. The molecule has 0 bridgehead atoms. The third kappa shape index (κ3) is 3.29. The predicted octanol–water partition coefficient (Wildman–Crippen LogP) is 4.16. The van der Waals surface area contributed by atoms with Crippen molar-refractivity contribution < 1.29 is 14.3 Å². The lowest BCUT2D eigenvalue weighted by Crippen LogP contribution is -2.19. The third-order valence-electron chi connectivity index (χ3n) is 4.87. The molecule has 2 aliphatic rings. The number of hydrogen-bond acceptors (Lipinski definition) is 4. The second-order valence-electron chi connectivity index (χ2n) is 6.65. The number of ether oxygens (including phenoxy) is 2. The van der Waals surface area contributed by atoms with E-state index in [0.29, 0.717) is 5.75 Å². The van der Waals surface area contributed by atoms with Crippen molar-refractivity contribution in [1.29, 1.82) is 0 Å². The number of carbonyl (C=O) groups excluding carboxylic acids is 1. The van der Waals surface area contributed by atoms with E-state index in [1.54, 1.807) is 7.11 Å². The SMILES string of the molecule is COc1ccc(C2=NN(c3ccccc3)C(=O)C2)cc1OC1CCCC1. The number of anilines is 1. The van der Waals surface area contributed by atoms with Crippen LogP contribution in [0.3, 0.4) is 0 Å². The molecule has 2 aromatic rings. The highest BCUT2D eigenvalue weighted by Gasteiger charge is 2.27. The van der Waals surface area contributed by atoms with Crippen LogP contribution in [0.5, 0.6) is 11.5 Å². The minimum atomic E-state index is -0.0275. The first-order chi connectivity index (χ1) is 12.7. The number of amides is 1. The van der Waals surface area contributed by atoms with E-state index < -0.39 is 0 Å². The van der Waals surface area contributed by atoms with Gasteiger partial charge in [-0.15, -0.1) is 0 Å². The molecule has 0 atom stereocenters. The Balaban J connectivity index is 1.62. The second-order valence-corrected chi connectivity index (χ2v) is 6.65. The van der Waals surface area contributed by atoms with Gasteiger partial charge in [0.15, 0.2) is 11.5 Å². The summed E-state index contributed by atoms with van der Waals surface area (Å²) in [5.74, 6) is 1.41. The van der Waals surface area contributed by atoms with Crippen LogP contribution in [0.15, 0.2) is 53.6 Å². The summed E-state index contributed by atoms with van der Waals surface area (Å²) in [5.41, 5.74) is 2.42. The number of hydrazone groups is 1. The Morgan fingerprint density at radius 2 is 1.81 bits per heavy atom. The third-order valence-corrected chi connectivity index (χ3v) is 4.87. The number of rotatable bonds is 5. The highest BCUT2D eigenvalue weighted by molar-refractivity contribution is 6.19. The maximum Gasteiger partial charge on any atom is 0.253 e. The van der Waals surface area contributed by atoms with Gasteiger partial charge in [0, 0.05) is 5.56 Å². The molecule has 1 fully saturated rings. The fourth-order valence-corrected chi connectivity index (χ4v) is 3.49. The van der Waals surface area contributed by atoms with Gasteiger partial charge in [0.25, 0.3) is 5.91 Å². The van der Waals surface area contributed by atoms with E-state index in [-0.39, 0.29) is 18.4 Å². The number of benzene rings is 2. The van der Waals surface area contributed by atoms with Crippen LogP contribution in [0.1, 0.15) is 37.7 Å². The molecule has 1 aliphatic heterocycles.